The van der Waals surface area contributed by atoms with E-state index in [-0.39, 0.29) is 0 Å². The Morgan fingerprint density at radius 2 is 1.89 bits per heavy atom. The number of nitrogens with one attached hydrogen (secondary N) is 2. The molecule has 0 aliphatic carbocycles. The van der Waals surface area contributed by atoms with Crippen molar-refractivity contribution in [2.24, 2.45) is 0 Å². The molecule has 7 heteroatoms. The molecule has 0 saturated heterocycles. The van der Waals surface area contributed by atoms with Crippen LogP contribution in [0.5, 0.6) is 0 Å². The fourth-order valence-corrected chi connectivity index (χ4v) is 3.20. The van der Waals surface area contributed by atoms with Crippen molar-refractivity contribution in [3.8, 4) is 10.6 Å². The zero-order valence-electron chi connectivity index (χ0n) is 15.7. The summed E-state index contributed by atoms with van der Waals surface area (Å²) in [4.78, 5) is 21.7. The molecule has 0 spiro atoms. The van der Waals surface area contributed by atoms with Gasteiger partial charge in [-0.1, -0.05) is 18.2 Å². The third kappa shape index (κ3) is 5.27. The van der Waals surface area contributed by atoms with E-state index in [0.29, 0.717) is 10.9 Å². The Morgan fingerprint density at radius 1 is 1.11 bits per heavy atom. The first-order valence-electron chi connectivity index (χ1n) is 8.56. The van der Waals surface area contributed by atoms with Gasteiger partial charge in [0.1, 0.15) is 5.60 Å². The van der Waals surface area contributed by atoms with Crippen molar-refractivity contribution in [1.82, 2.24) is 9.97 Å². The fraction of sp³-hybridized carbons (Fsp3) is 0.250. The molecule has 27 heavy (non-hydrogen) atoms. The second-order valence-electron chi connectivity index (χ2n) is 7.00. The second kappa shape index (κ2) is 7.75. The third-order valence-electron chi connectivity index (χ3n) is 3.53. The summed E-state index contributed by atoms with van der Waals surface area (Å²) in [5.74, 6) is 0.525. The van der Waals surface area contributed by atoms with Crippen molar-refractivity contribution < 1.29 is 9.53 Å². The number of aryl methyl sites for hydroxylation is 1. The number of carbonyl (C=O) groups excluding carboxylic acids is 1. The van der Waals surface area contributed by atoms with Gasteiger partial charge in [-0.2, -0.15) is 0 Å². The molecule has 0 fully saturated rings. The van der Waals surface area contributed by atoms with Gasteiger partial charge in [-0.05, 0) is 57.5 Å². The molecule has 1 amide bonds. The van der Waals surface area contributed by atoms with Crippen LogP contribution in [0.15, 0.2) is 48.7 Å². The van der Waals surface area contributed by atoms with Crippen molar-refractivity contribution in [3.05, 3.63) is 54.2 Å². The van der Waals surface area contributed by atoms with E-state index in [1.807, 2.05) is 70.2 Å². The topological polar surface area (TPSA) is 76.1 Å². The van der Waals surface area contributed by atoms with Gasteiger partial charge in [0.2, 0.25) is 5.95 Å². The van der Waals surface area contributed by atoms with Crippen molar-refractivity contribution in [3.63, 3.8) is 0 Å². The molecule has 3 aromatic rings. The molecule has 140 valence electrons. The lowest BCUT2D eigenvalue weighted by Crippen LogP contribution is -2.26. The van der Waals surface area contributed by atoms with Crippen LogP contribution in [0.1, 0.15) is 26.3 Å². The van der Waals surface area contributed by atoms with Crippen molar-refractivity contribution in [1.29, 1.82) is 0 Å². The normalized spacial score (nSPS) is 11.1. The Bertz CT molecular complexity index is 947. The lowest BCUT2D eigenvalue weighted by atomic mass is 10.2. The van der Waals surface area contributed by atoms with E-state index in [9.17, 15) is 4.79 Å². The maximum absolute atomic E-state index is 11.9. The summed E-state index contributed by atoms with van der Waals surface area (Å²) in [6.07, 6.45) is 1.24. The quantitative estimate of drug-likeness (QED) is 0.614. The molecule has 2 heterocycles. The van der Waals surface area contributed by atoms with Gasteiger partial charge >= 0.3 is 6.09 Å². The first kappa shape index (κ1) is 18.8. The maximum atomic E-state index is 11.9. The number of hydrogen-bond donors (Lipinski definition) is 2. The van der Waals surface area contributed by atoms with Crippen molar-refractivity contribution in [2.45, 2.75) is 33.3 Å². The van der Waals surface area contributed by atoms with E-state index in [1.54, 1.807) is 6.20 Å². The average Bonchev–Trinajstić information content (AvgIpc) is 3.04. The zero-order valence-corrected chi connectivity index (χ0v) is 16.6. The first-order chi connectivity index (χ1) is 12.8. The zero-order chi connectivity index (χ0) is 19.4. The molecular weight excluding hydrogens is 360 g/mol. The SMILES string of the molecule is Cc1ccccc1Nc1nccc(-c2ccc(NC(=O)OC(C)(C)C)s2)n1. The number of aromatic nitrogens is 2. The van der Waals surface area contributed by atoms with E-state index in [1.165, 1.54) is 11.3 Å². The highest BCUT2D eigenvalue weighted by atomic mass is 32.1. The summed E-state index contributed by atoms with van der Waals surface area (Å²) in [5, 5.41) is 6.69. The minimum Gasteiger partial charge on any atom is -0.444 e. The van der Waals surface area contributed by atoms with Crippen LogP contribution in [0.2, 0.25) is 0 Å². The van der Waals surface area contributed by atoms with E-state index >= 15 is 0 Å². The summed E-state index contributed by atoms with van der Waals surface area (Å²) in [5.41, 5.74) is 2.33. The standard InChI is InChI=1S/C20H22N4O2S/c1-13-7-5-6-8-14(13)22-18-21-12-11-15(23-18)16-9-10-17(27-16)24-19(25)26-20(2,3)4/h5-12H,1-4H3,(H,24,25)(H,21,22,23). The second-order valence-corrected chi connectivity index (χ2v) is 8.08. The van der Waals surface area contributed by atoms with Gasteiger partial charge < -0.3 is 10.1 Å². The molecule has 1 aromatic carbocycles. The molecule has 0 aliphatic rings. The lowest BCUT2D eigenvalue weighted by Gasteiger charge is -2.19. The van der Waals surface area contributed by atoms with E-state index in [0.717, 1.165) is 21.8 Å². The molecular formula is C20H22N4O2S. The molecule has 0 atom stereocenters. The van der Waals surface area contributed by atoms with Gasteiger partial charge in [0.15, 0.2) is 0 Å². The van der Waals surface area contributed by atoms with Gasteiger partial charge in [-0.25, -0.2) is 14.8 Å². The molecule has 0 unspecified atom stereocenters. The highest BCUT2D eigenvalue weighted by Crippen LogP contribution is 2.31. The van der Waals surface area contributed by atoms with E-state index < -0.39 is 11.7 Å². The Hall–Kier alpha value is -2.93. The van der Waals surface area contributed by atoms with Gasteiger partial charge in [0, 0.05) is 11.9 Å². The van der Waals surface area contributed by atoms with Crippen LogP contribution in [0.3, 0.4) is 0 Å². The monoisotopic (exact) mass is 382 g/mol. The number of carbonyl (C=O) groups is 1. The predicted octanol–water partition coefficient (Wildman–Crippen LogP) is 5.60. The van der Waals surface area contributed by atoms with Crippen LogP contribution in [-0.2, 0) is 4.74 Å². The van der Waals surface area contributed by atoms with Crippen LogP contribution in [0.25, 0.3) is 10.6 Å². The molecule has 6 nitrogen and oxygen atoms in total. The van der Waals surface area contributed by atoms with Gasteiger partial charge in [-0.3, -0.25) is 5.32 Å². The Morgan fingerprint density at radius 3 is 2.63 bits per heavy atom. The Balaban J connectivity index is 1.73. The summed E-state index contributed by atoms with van der Waals surface area (Å²) in [6, 6.07) is 13.6. The number of benzene rings is 1. The number of rotatable bonds is 4. The molecule has 2 N–H and O–H groups in total. The first-order valence-corrected chi connectivity index (χ1v) is 9.38. The molecule has 0 radical (unpaired) electrons. The number of hydrogen-bond acceptors (Lipinski definition) is 6. The largest absolute Gasteiger partial charge is 0.444 e. The Labute approximate surface area is 162 Å². The van der Waals surface area contributed by atoms with Crippen molar-refractivity contribution in [2.75, 3.05) is 10.6 Å². The van der Waals surface area contributed by atoms with E-state index in [2.05, 4.69) is 20.6 Å². The van der Waals surface area contributed by atoms with Crippen LogP contribution < -0.4 is 10.6 Å². The number of amides is 1. The highest BCUT2D eigenvalue weighted by Gasteiger charge is 2.17. The Kier molecular flexibility index (Phi) is 5.41. The minimum absolute atomic E-state index is 0.472. The molecule has 3 rings (SSSR count). The van der Waals surface area contributed by atoms with Crippen LogP contribution in [0.4, 0.5) is 21.4 Å². The van der Waals surface area contributed by atoms with Gasteiger partial charge in [0.05, 0.1) is 15.6 Å². The van der Waals surface area contributed by atoms with Crippen LogP contribution in [0, 0.1) is 6.92 Å². The number of para-hydroxylation sites is 1. The summed E-state index contributed by atoms with van der Waals surface area (Å²) in [7, 11) is 0. The molecule has 0 saturated carbocycles. The average molecular weight is 382 g/mol. The maximum Gasteiger partial charge on any atom is 0.412 e. The van der Waals surface area contributed by atoms with Crippen LogP contribution >= 0.6 is 11.3 Å². The fourth-order valence-electron chi connectivity index (χ4n) is 2.34. The third-order valence-corrected chi connectivity index (χ3v) is 4.55. The lowest BCUT2D eigenvalue weighted by molar-refractivity contribution is 0.0636. The molecule has 0 aliphatic heterocycles. The number of nitrogens with zero attached hydrogens (tertiary/aromatic N) is 2. The number of thiophene rings is 1. The van der Waals surface area contributed by atoms with Gasteiger partial charge in [-0.15, -0.1) is 11.3 Å². The number of ether oxygens (including phenoxy) is 1. The predicted molar refractivity (Wildman–Crippen MR) is 110 cm³/mol. The van der Waals surface area contributed by atoms with E-state index in [4.69, 9.17) is 4.74 Å². The summed E-state index contributed by atoms with van der Waals surface area (Å²) >= 11 is 1.43. The summed E-state index contributed by atoms with van der Waals surface area (Å²) in [6.45, 7) is 7.52. The minimum atomic E-state index is -0.535. The molecule has 2 aromatic heterocycles. The van der Waals surface area contributed by atoms with Gasteiger partial charge in [0.25, 0.3) is 0 Å². The van der Waals surface area contributed by atoms with Crippen LogP contribution in [-0.4, -0.2) is 21.7 Å². The highest BCUT2D eigenvalue weighted by molar-refractivity contribution is 7.19. The summed E-state index contributed by atoms with van der Waals surface area (Å²) < 4.78 is 5.27. The smallest absolute Gasteiger partial charge is 0.412 e. The number of anilines is 3. The van der Waals surface area contributed by atoms with Crippen molar-refractivity contribution >= 4 is 34.1 Å². The molecule has 0 bridgehead atoms.